The van der Waals surface area contributed by atoms with Gasteiger partial charge in [0, 0.05) is 31.4 Å². The third kappa shape index (κ3) is 3.34. The van der Waals surface area contributed by atoms with Crippen molar-refractivity contribution in [2.45, 2.75) is 13.8 Å². The minimum atomic E-state index is 0.0545. The summed E-state index contributed by atoms with van der Waals surface area (Å²) in [5, 5.41) is 0. The van der Waals surface area contributed by atoms with Crippen molar-refractivity contribution in [3.8, 4) is 5.75 Å². The number of methoxy groups -OCH3 is 1. The lowest BCUT2D eigenvalue weighted by atomic mass is 10.00. The number of hydrogen-bond donors (Lipinski definition) is 0. The SMILES string of the molecule is COc1ccc(C(=O)/C(C)=C\N(C)C)c(C)c1. The first-order valence-corrected chi connectivity index (χ1v) is 5.50. The van der Waals surface area contributed by atoms with Crippen LogP contribution in [0.25, 0.3) is 0 Å². The van der Waals surface area contributed by atoms with E-state index in [1.165, 1.54) is 0 Å². The van der Waals surface area contributed by atoms with Gasteiger partial charge >= 0.3 is 0 Å². The molecule has 0 atom stereocenters. The third-order valence-electron chi connectivity index (χ3n) is 2.49. The van der Waals surface area contributed by atoms with E-state index in [0.29, 0.717) is 0 Å². The fourth-order valence-electron chi connectivity index (χ4n) is 1.68. The smallest absolute Gasteiger partial charge is 0.190 e. The van der Waals surface area contributed by atoms with Crippen LogP contribution in [0, 0.1) is 6.92 Å². The molecule has 0 aliphatic carbocycles. The van der Waals surface area contributed by atoms with E-state index in [1.54, 1.807) is 7.11 Å². The van der Waals surface area contributed by atoms with Gasteiger partial charge in [-0.1, -0.05) is 0 Å². The Hall–Kier alpha value is -1.77. The molecular weight excluding hydrogens is 214 g/mol. The van der Waals surface area contributed by atoms with Crippen molar-refractivity contribution in [1.82, 2.24) is 4.90 Å². The molecule has 92 valence electrons. The number of nitrogens with zero attached hydrogens (tertiary/aromatic N) is 1. The average Bonchev–Trinajstić information content (AvgIpc) is 2.27. The Bertz CT molecular complexity index is 448. The zero-order valence-corrected chi connectivity index (χ0v) is 11.1. The van der Waals surface area contributed by atoms with Crippen molar-refractivity contribution in [2.24, 2.45) is 0 Å². The van der Waals surface area contributed by atoms with Crippen molar-refractivity contribution < 1.29 is 9.53 Å². The number of Topliss-reactive ketones (excluding diaryl/α,β-unsaturated/α-hetero) is 1. The molecule has 0 spiro atoms. The van der Waals surface area contributed by atoms with Crippen molar-refractivity contribution in [2.75, 3.05) is 21.2 Å². The number of aryl methyl sites for hydroxylation is 1. The molecule has 0 saturated carbocycles. The number of allylic oxidation sites excluding steroid dienone is 1. The van der Waals surface area contributed by atoms with Gasteiger partial charge in [-0.25, -0.2) is 0 Å². The van der Waals surface area contributed by atoms with Gasteiger partial charge in [0.15, 0.2) is 5.78 Å². The van der Waals surface area contributed by atoms with E-state index in [2.05, 4.69) is 0 Å². The average molecular weight is 233 g/mol. The second kappa shape index (κ2) is 5.53. The van der Waals surface area contributed by atoms with Crippen LogP contribution in [0.2, 0.25) is 0 Å². The zero-order chi connectivity index (χ0) is 13.0. The Balaban J connectivity index is 3.05. The van der Waals surface area contributed by atoms with Crippen LogP contribution in [0.5, 0.6) is 5.75 Å². The van der Waals surface area contributed by atoms with Gasteiger partial charge in [-0.05, 0) is 37.6 Å². The minimum Gasteiger partial charge on any atom is -0.497 e. The summed E-state index contributed by atoms with van der Waals surface area (Å²) in [6, 6.07) is 5.49. The highest BCUT2D eigenvalue weighted by Crippen LogP contribution is 2.19. The Kier molecular flexibility index (Phi) is 4.32. The van der Waals surface area contributed by atoms with Gasteiger partial charge in [0.1, 0.15) is 5.75 Å². The minimum absolute atomic E-state index is 0.0545. The molecule has 0 amide bonds. The molecule has 0 aromatic heterocycles. The van der Waals surface area contributed by atoms with E-state index in [-0.39, 0.29) is 5.78 Å². The molecule has 0 aliphatic heterocycles. The van der Waals surface area contributed by atoms with Crippen LogP contribution in [-0.2, 0) is 0 Å². The summed E-state index contributed by atoms with van der Waals surface area (Å²) in [5.74, 6) is 0.826. The molecule has 3 heteroatoms. The van der Waals surface area contributed by atoms with E-state index >= 15 is 0 Å². The van der Waals surface area contributed by atoms with Crippen molar-refractivity contribution >= 4 is 5.78 Å². The van der Waals surface area contributed by atoms with Crippen molar-refractivity contribution in [3.05, 3.63) is 41.1 Å². The van der Waals surface area contributed by atoms with Gasteiger partial charge in [-0.2, -0.15) is 0 Å². The Morgan fingerprint density at radius 3 is 2.47 bits per heavy atom. The first kappa shape index (κ1) is 13.3. The molecule has 1 aromatic rings. The molecule has 1 aromatic carbocycles. The first-order chi connectivity index (χ1) is 7.95. The summed E-state index contributed by atoms with van der Waals surface area (Å²) in [7, 11) is 5.42. The largest absolute Gasteiger partial charge is 0.497 e. The monoisotopic (exact) mass is 233 g/mol. The van der Waals surface area contributed by atoms with Gasteiger partial charge in [0.2, 0.25) is 0 Å². The molecule has 1 rings (SSSR count). The molecule has 0 fully saturated rings. The Morgan fingerprint density at radius 2 is 2.00 bits per heavy atom. The van der Waals surface area contributed by atoms with Crippen LogP contribution < -0.4 is 4.74 Å². The van der Waals surface area contributed by atoms with Crippen LogP contribution in [0.4, 0.5) is 0 Å². The summed E-state index contributed by atoms with van der Waals surface area (Å²) < 4.78 is 5.12. The van der Waals surface area contributed by atoms with Gasteiger partial charge in [0.25, 0.3) is 0 Å². The maximum Gasteiger partial charge on any atom is 0.190 e. The molecule has 0 saturated heterocycles. The predicted molar refractivity (Wildman–Crippen MR) is 69.5 cm³/mol. The van der Waals surface area contributed by atoms with Crippen LogP contribution in [0.1, 0.15) is 22.8 Å². The fourth-order valence-corrected chi connectivity index (χ4v) is 1.68. The summed E-state index contributed by atoms with van der Waals surface area (Å²) in [6.45, 7) is 3.74. The molecule has 3 nitrogen and oxygen atoms in total. The van der Waals surface area contributed by atoms with Crippen molar-refractivity contribution in [1.29, 1.82) is 0 Å². The van der Waals surface area contributed by atoms with Crippen LogP contribution in [0.3, 0.4) is 0 Å². The van der Waals surface area contributed by atoms with Crippen LogP contribution in [-0.4, -0.2) is 31.9 Å². The number of ketones is 1. The number of carbonyl (C=O) groups excluding carboxylic acids is 1. The maximum absolute atomic E-state index is 12.2. The van der Waals surface area contributed by atoms with Gasteiger partial charge in [0.05, 0.1) is 7.11 Å². The lowest BCUT2D eigenvalue weighted by Crippen LogP contribution is -2.09. The van der Waals surface area contributed by atoms with Gasteiger partial charge in [-0.3, -0.25) is 4.79 Å². The lowest BCUT2D eigenvalue weighted by Gasteiger charge is -2.10. The Morgan fingerprint density at radius 1 is 1.35 bits per heavy atom. The van der Waals surface area contributed by atoms with Gasteiger partial charge < -0.3 is 9.64 Å². The molecule has 0 aliphatic rings. The number of benzene rings is 1. The highest BCUT2D eigenvalue weighted by Gasteiger charge is 2.11. The lowest BCUT2D eigenvalue weighted by molar-refractivity contribution is 0.103. The Labute approximate surface area is 103 Å². The second-order valence-corrected chi connectivity index (χ2v) is 4.29. The summed E-state index contributed by atoms with van der Waals surface area (Å²) in [6.07, 6.45) is 1.83. The van der Waals surface area contributed by atoms with E-state index in [4.69, 9.17) is 4.74 Å². The molecule has 0 N–H and O–H groups in total. The number of rotatable bonds is 4. The fraction of sp³-hybridized carbons (Fsp3) is 0.357. The third-order valence-corrected chi connectivity index (χ3v) is 2.49. The van der Waals surface area contributed by atoms with Gasteiger partial charge in [-0.15, -0.1) is 0 Å². The number of ether oxygens (including phenoxy) is 1. The highest BCUT2D eigenvalue weighted by atomic mass is 16.5. The van der Waals surface area contributed by atoms with Crippen molar-refractivity contribution in [3.63, 3.8) is 0 Å². The van der Waals surface area contributed by atoms with E-state index in [1.807, 2.05) is 57.2 Å². The van der Waals surface area contributed by atoms with E-state index < -0.39 is 0 Å². The molecule has 0 bridgehead atoms. The molecule has 17 heavy (non-hydrogen) atoms. The highest BCUT2D eigenvalue weighted by molar-refractivity contribution is 6.09. The van der Waals surface area contributed by atoms with Crippen LogP contribution in [0.15, 0.2) is 30.0 Å². The summed E-state index contributed by atoms with van der Waals surface area (Å²) in [4.78, 5) is 14.0. The maximum atomic E-state index is 12.2. The quantitative estimate of drug-likeness (QED) is 0.591. The van der Waals surface area contributed by atoms with E-state index in [9.17, 15) is 4.79 Å². The molecule has 0 heterocycles. The van der Waals surface area contributed by atoms with E-state index in [0.717, 1.165) is 22.4 Å². The number of carbonyl (C=O) groups is 1. The topological polar surface area (TPSA) is 29.5 Å². The molecule has 0 radical (unpaired) electrons. The van der Waals surface area contributed by atoms with Crippen LogP contribution >= 0.6 is 0 Å². The molecular formula is C14H19NO2. The summed E-state index contributed by atoms with van der Waals surface area (Å²) in [5.41, 5.74) is 2.38. The normalized spacial score (nSPS) is 11.2. The summed E-state index contributed by atoms with van der Waals surface area (Å²) >= 11 is 0. The predicted octanol–water partition coefficient (Wildman–Crippen LogP) is 2.65. The zero-order valence-electron chi connectivity index (χ0n) is 11.1. The second-order valence-electron chi connectivity index (χ2n) is 4.29. The number of hydrogen-bond acceptors (Lipinski definition) is 3. The standard InChI is InChI=1S/C14H19NO2/c1-10-8-12(17-5)6-7-13(10)14(16)11(2)9-15(3)4/h6-9H,1-5H3/b11-9-. The molecule has 0 unspecified atom stereocenters. The first-order valence-electron chi connectivity index (χ1n) is 5.50.